The van der Waals surface area contributed by atoms with Crippen molar-refractivity contribution >= 4 is 0 Å². The first kappa shape index (κ1) is 12.4. The van der Waals surface area contributed by atoms with Crippen LogP contribution >= 0.6 is 0 Å². The van der Waals surface area contributed by atoms with Crippen LogP contribution in [0, 0.1) is 5.82 Å². The first-order valence-corrected chi connectivity index (χ1v) is 6.81. The van der Waals surface area contributed by atoms with Crippen LogP contribution in [-0.2, 0) is 13.0 Å². The summed E-state index contributed by atoms with van der Waals surface area (Å²) in [5, 5.41) is 3.47. The van der Waals surface area contributed by atoms with Gasteiger partial charge in [-0.3, -0.25) is 0 Å². The van der Waals surface area contributed by atoms with Gasteiger partial charge in [-0.25, -0.2) is 9.37 Å². The smallest absolute Gasteiger partial charge is 0.126 e. The molecule has 100 valence electrons. The van der Waals surface area contributed by atoms with Crippen molar-refractivity contribution < 1.29 is 4.39 Å². The van der Waals surface area contributed by atoms with Gasteiger partial charge in [0.05, 0.1) is 12.0 Å². The third-order valence-corrected chi connectivity index (χ3v) is 3.74. The molecule has 3 rings (SSSR count). The molecule has 1 aromatic heterocycles. The SMILES string of the molecule is Fc1ccccc1CCn1cncc1C1CCCN1. The summed E-state index contributed by atoms with van der Waals surface area (Å²) in [7, 11) is 0. The average molecular weight is 259 g/mol. The molecule has 19 heavy (non-hydrogen) atoms. The molecule has 1 unspecified atom stereocenters. The molecule has 0 amide bonds. The van der Waals surface area contributed by atoms with E-state index in [9.17, 15) is 4.39 Å². The first-order chi connectivity index (χ1) is 9.34. The van der Waals surface area contributed by atoms with Gasteiger partial charge < -0.3 is 9.88 Å². The molecule has 1 saturated heterocycles. The summed E-state index contributed by atoms with van der Waals surface area (Å²) >= 11 is 0. The molecule has 1 aliphatic heterocycles. The van der Waals surface area contributed by atoms with Crippen molar-refractivity contribution in [3.63, 3.8) is 0 Å². The fourth-order valence-corrected chi connectivity index (χ4v) is 2.69. The molecular weight excluding hydrogens is 241 g/mol. The highest BCUT2D eigenvalue weighted by molar-refractivity contribution is 5.17. The predicted octanol–water partition coefficient (Wildman–Crippen LogP) is 2.69. The van der Waals surface area contributed by atoms with E-state index < -0.39 is 0 Å². The van der Waals surface area contributed by atoms with E-state index in [4.69, 9.17) is 0 Å². The van der Waals surface area contributed by atoms with Crippen molar-refractivity contribution in [2.24, 2.45) is 0 Å². The average Bonchev–Trinajstić information content (AvgIpc) is 3.08. The van der Waals surface area contributed by atoms with Crippen LogP contribution in [0.4, 0.5) is 4.39 Å². The van der Waals surface area contributed by atoms with Crippen molar-refractivity contribution in [3.05, 3.63) is 53.9 Å². The number of rotatable bonds is 4. The molecule has 1 aliphatic rings. The third-order valence-electron chi connectivity index (χ3n) is 3.74. The first-order valence-electron chi connectivity index (χ1n) is 6.81. The number of aryl methyl sites for hydroxylation is 2. The molecule has 0 aliphatic carbocycles. The van der Waals surface area contributed by atoms with Gasteiger partial charge >= 0.3 is 0 Å². The fourth-order valence-electron chi connectivity index (χ4n) is 2.69. The van der Waals surface area contributed by atoms with Crippen LogP contribution in [0.1, 0.15) is 30.1 Å². The topological polar surface area (TPSA) is 29.9 Å². The van der Waals surface area contributed by atoms with E-state index in [1.54, 1.807) is 6.07 Å². The number of halogens is 1. The quantitative estimate of drug-likeness (QED) is 0.915. The van der Waals surface area contributed by atoms with Crippen molar-refractivity contribution in [1.29, 1.82) is 0 Å². The summed E-state index contributed by atoms with van der Waals surface area (Å²) < 4.78 is 15.7. The summed E-state index contributed by atoms with van der Waals surface area (Å²) in [5.41, 5.74) is 1.98. The largest absolute Gasteiger partial charge is 0.333 e. The molecule has 3 nitrogen and oxygen atoms in total. The Morgan fingerprint density at radius 3 is 3.05 bits per heavy atom. The maximum absolute atomic E-state index is 13.6. The maximum Gasteiger partial charge on any atom is 0.126 e. The van der Waals surface area contributed by atoms with Crippen molar-refractivity contribution in [1.82, 2.24) is 14.9 Å². The van der Waals surface area contributed by atoms with Gasteiger partial charge in [-0.1, -0.05) is 18.2 Å². The Kier molecular flexibility index (Phi) is 3.60. The number of hydrogen-bond donors (Lipinski definition) is 1. The lowest BCUT2D eigenvalue weighted by atomic mass is 10.1. The number of imidazole rings is 1. The van der Waals surface area contributed by atoms with E-state index >= 15 is 0 Å². The van der Waals surface area contributed by atoms with E-state index in [1.165, 1.54) is 18.2 Å². The number of nitrogens with zero attached hydrogens (tertiary/aromatic N) is 2. The standard InChI is InChI=1S/C15H18FN3/c16-13-5-2-1-4-12(13)7-9-19-11-17-10-15(19)14-6-3-8-18-14/h1-2,4-5,10-11,14,18H,3,6-9H2. The van der Waals surface area contributed by atoms with Gasteiger partial charge in [0.15, 0.2) is 0 Å². The van der Waals surface area contributed by atoms with Crippen LogP contribution in [0.15, 0.2) is 36.8 Å². The van der Waals surface area contributed by atoms with Crippen molar-refractivity contribution in [3.8, 4) is 0 Å². The molecular formula is C15H18FN3. The van der Waals surface area contributed by atoms with Gasteiger partial charge in [-0.05, 0) is 37.4 Å². The highest BCUT2D eigenvalue weighted by Crippen LogP contribution is 2.22. The van der Waals surface area contributed by atoms with E-state index in [2.05, 4.69) is 14.9 Å². The lowest BCUT2D eigenvalue weighted by molar-refractivity contribution is 0.551. The summed E-state index contributed by atoms with van der Waals surface area (Å²) in [6, 6.07) is 7.38. The van der Waals surface area contributed by atoms with Crippen LogP contribution in [0.3, 0.4) is 0 Å². The van der Waals surface area contributed by atoms with Crippen LogP contribution in [0.2, 0.25) is 0 Å². The second-order valence-electron chi connectivity index (χ2n) is 5.00. The number of nitrogens with one attached hydrogen (secondary N) is 1. The summed E-state index contributed by atoms with van der Waals surface area (Å²) in [6.45, 7) is 1.84. The molecule has 0 bridgehead atoms. The van der Waals surface area contributed by atoms with E-state index in [0.29, 0.717) is 12.5 Å². The van der Waals surface area contributed by atoms with Crippen LogP contribution in [0.5, 0.6) is 0 Å². The van der Waals surface area contributed by atoms with Gasteiger partial charge in [-0.2, -0.15) is 0 Å². The molecule has 0 spiro atoms. The summed E-state index contributed by atoms with van der Waals surface area (Å²) in [4.78, 5) is 4.23. The zero-order chi connectivity index (χ0) is 13.1. The zero-order valence-corrected chi connectivity index (χ0v) is 10.8. The minimum atomic E-state index is -0.122. The van der Waals surface area contributed by atoms with Gasteiger partial charge in [0.25, 0.3) is 0 Å². The Hall–Kier alpha value is -1.68. The molecule has 0 saturated carbocycles. The molecule has 2 heterocycles. The highest BCUT2D eigenvalue weighted by Gasteiger charge is 2.19. The molecule has 1 N–H and O–H groups in total. The van der Waals surface area contributed by atoms with E-state index in [1.807, 2.05) is 24.7 Å². The molecule has 1 aromatic carbocycles. The lowest BCUT2D eigenvalue weighted by Crippen LogP contribution is -2.17. The van der Waals surface area contributed by atoms with Crippen LogP contribution in [0.25, 0.3) is 0 Å². The number of hydrogen-bond acceptors (Lipinski definition) is 2. The highest BCUT2D eigenvalue weighted by atomic mass is 19.1. The molecule has 1 fully saturated rings. The Bertz CT molecular complexity index is 544. The predicted molar refractivity (Wildman–Crippen MR) is 72.3 cm³/mol. The Balaban J connectivity index is 1.70. The monoisotopic (exact) mass is 259 g/mol. The number of benzene rings is 1. The molecule has 2 aromatic rings. The second-order valence-corrected chi connectivity index (χ2v) is 5.00. The van der Waals surface area contributed by atoms with Gasteiger partial charge in [0.1, 0.15) is 5.82 Å². The molecule has 4 heteroatoms. The molecule has 1 atom stereocenters. The van der Waals surface area contributed by atoms with Crippen molar-refractivity contribution in [2.75, 3.05) is 6.54 Å². The normalized spacial score (nSPS) is 18.9. The fraction of sp³-hybridized carbons (Fsp3) is 0.400. The Morgan fingerprint density at radius 2 is 2.26 bits per heavy atom. The summed E-state index contributed by atoms with van der Waals surface area (Å²) in [5.74, 6) is -0.122. The van der Waals surface area contributed by atoms with Crippen molar-refractivity contribution in [2.45, 2.75) is 31.8 Å². The van der Waals surface area contributed by atoms with Gasteiger partial charge in [0, 0.05) is 18.8 Å². The van der Waals surface area contributed by atoms with Crippen LogP contribution in [-0.4, -0.2) is 16.1 Å². The lowest BCUT2D eigenvalue weighted by Gasteiger charge is -2.14. The molecule has 0 radical (unpaired) electrons. The van der Waals surface area contributed by atoms with E-state index in [-0.39, 0.29) is 5.82 Å². The summed E-state index contributed by atoms with van der Waals surface area (Å²) in [6.07, 6.45) is 6.83. The minimum Gasteiger partial charge on any atom is -0.333 e. The van der Waals surface area contributed by atoms with Gasteiger partial charge in [0.2, 0.25) is 0 Å². The Labute approximate surface area is 112 Å². The third kappa shape index (κ3) is 2.68. The second kappa shape index (κ2) is 5.53. The minimum absolute atomic E-state index is 0.122. The van der Waals surface area contributed by atoms with Crippen LogP contribution < -0.4 is 5.32 Å². The van der Waals surface area contributed by atoms with E-state index in [0.717, 1.165) is 25.1 Å². The van der Waals surface area contributed by atoms with Gasteiger partial charge in [-0.15, -0.1) is 0 Å². The maximum atomic E-state index is 13.6. The number of aromatic nitrogens is 2. The zero-order valence-electron chi connectivity index (χ0n) is 10.8. The Morgan fingerprint density at radius 1 is 1.37 bits per heavy atom.